The molecule has 0 saturated heterocycles. The summed E-state index contributed by atoms with van der Waals surface area (Å²) in [5.41, 5.74) is 3.67. The first kappa shape index (κ1) is 22.6. The number of furan rings is 1. The zero-order chi connectivity index (χ0) is 23.3. The normalized spacial score (nSPS) is 11.3. The second-order valence-corrected chi connectivity index (χ2v) is 9.20. The molecule has 3 aromatic carbocycles. The van der Waals surface area contributed by atoms with Gasteiger partial charge in [0.2, 0.25) is 5.09 Å². The van der Waals surface area contributed by atoms with Gasteiger partial charge in [0, 0.05) is 18.2 Å². The molecule has 0 saturated carbocycles. The van der Waals surface area contributed by atoms with Crippen LogP contribution < -0.4 is 14.2 Å². The number of hydrogen-bond donors (Lipinski definition) is 1. The van der Waals surface area contributed by atoms with Crippen molar-refractivity contribution < 1.29 is 22.3 Å². The van der Waals surface area contributed by atoms with Crippen molar-refractivity contribution in [1.82, 2.24) is 4.72 Å². The van der Waals surface area contributed by atoms with Crippen LogP contribution in [0, 0.1) is 6.92 Å². The van der Waals surface area contributed by atoms with Crippen molar-refractivity contribution in [1.29, 1.82) is 0 Å². The van der Waals surface area contributed by atoms with Gasteiger partial charge in [0.15, 0.2) is 0 Å². The Labute approximate surface area is 193 Å². The van der Waals surface area contributed by atoms with E-state index in [9.17, 15) is 8.42 Å². The standard InChI is InChI=1S/C26H25NO5S/c1-19-23(16-26(32-19)33(28,29)27-17-20-6-4-3-5-7-20)18-31-25-14-10-22(11-15-25)21-8-12-24(30-2)13-9-21/h3-16,27H,17-18H2,1-2H3. The van der Waals surface area contributed by atoms with Crippen molar-refractivity contribution in [2.75, 3.05) is 7.11 Å². The molecule has 1 heterocycles. The van der Waals surface area contributed by atoms with E-state index in [4.69, 9.17) is 13.9 Å². The predicted molar refractivity (Wildman–Crippen MR) is 127 cm³/mol. The molecule has 0 aliphatic carbocycles. The third kappa shape index (κ3) is 5.63. The minimum absolute atomic E-state index is 0.121. The van der Waals surface area contributed by atoms with E-state index in [1.165, 1.54) is 6.07 Å². The molecule has 7 heteroatoms. The molecule has 6 nitrogen and oxygen atoms in total. The lowest BCUT2D eigenvalue weighted by Gasteiger charge is -2.07. The Morgan fingerprint density at radius 1 is 0.848 bits per heavy atom. The zero-order valence-electron chi connectivity index (χ0n) is 18.4. The number of nitrogens with one attached hydrogen (secondary N) is 1. The Morgan fingerprint density at radius 3 is 2.06 bits per heavy atom. The number of methoxy groups -OCH3 is 1. The molecule has 1 aromatic heterocycles. The molecule has 4 rings (SSSR count). The topological polar surface area (TPSA) is 77.8 Å². The van der Waals surface area contributed by atoms with E-state index in [0.717, 1.165) is 22.4 Å². The molecule has 1 N–H and O–H groups in total. The SMILES string of the molecule is COc1ccc(-c2ccc(OCc3cc(S(=O)(=O)NCc4ccccc4)oc3C)cc2)cc1. The minimum atomic E-state index is -3.77. The van der Waals surface area contributed by atoms with Gasteiger partial charge >= 0.3 is 0 Å². The molecule has 0 spiro atoms. The quantitative estimate of drug-likeness (QED) is 0.363. The molecule has 170 valence electrons. The first-order valence-electron chi connectivity index (χ1n) is 10.4. The molecule has 0 fully saturated rings. The number of sulfonamides is 1. The van der Waals surface area contributed by atoms with E-state index < -0.39 is 10.0 Å². The van der Waals surface area contributed by atoms with Gasteiger partial charge in [-0.25, -0.2) is 13.1 Å². The van der Waals surface area contributed by atoms with Crippen LogP contribution in [-0.4, -0.2) is 15.5 Å². The lowest BCUT2D eigenvalue weighted by atomic mass is 10.1. The van der Waals surface area contributed by atoms with E-state index in [-0.39, 0.29) is 18.2 Å². The Morgan fingerprint density at radius 2 is 1.45 bits per heavy atom. The van der Waals surface area contributed by atoms with Gasteiger partial charge in [0.05, 0.1) is 7.11 Å². The summed E-state index contributed by atoms with van der Waals surface area (Å²) in [7, 11) is -2.12. The smallest absolute Gasteiger partial charge is 0.274 e. The summed E-state index contributed by atoms with van der Waals surface area (Å²) in [5.74, 6) is 2.00. The van der Waals surface area contributed by atoms with Gasteiger partial charge in [-0.2, -0.15) is 0 Å². The average molecular weight is 464 g/mol. The number of hydrogen-bond acceptors (Lipinski definition) is 5. The highest BCUT2D eigenvalue weighted by molar-refractivity contribution is 7.89. The summed E-state index contributed by atoms with van der Waals surface area (Å²) in [6.45, 7) is 2.11. The van der Waals surface area contributed by atoms with Crippen LogP contribution in [0.2, 0.25) is 0 Å². The van der Waals surface area contributed by atoms with Crippen LogP contribution in [-0.2, 0) is 23.2 Å². The van der Waals surface area contributed by atoms with Crippen molar-refractivity contribution in [2.45, 2.75) is 25.2 Å². The Balaban J connectivity index is 1.38. The van der Waals surface area contributed by atoms with Gasteiger partial charge in [-0.1, -0.05) is 54.6 Å². The van der Waals surface area contributed by atoms with Crippen molar-refractivity contribution in [2.24, 2.45) is 0 Å². The zero-order valence-corrected chi connectivity index (χ0v) is 19.3. The Bertz CT molecular complexity index is 1300. The molecule has 33 heavy (non-hydrogen) atoms. The van der Waals surface area contributed by atoms with E-state index in [0.29, 0.717) is 17.1 Å². The van der Waals surface area contributed by atoms with E-state index in [2.05, 4.69) is 4.72 Å². The van der Waals surface area contributed by atoms with Gasteiger partial charge in [0.1, 0.15) is 23.9 Å². The average Bonchev–Trinajstić information content (AvgIpc) is 3.24. The third-order valence-electron chi connectivity index (χ3n) is 5.24. The monoisotopic (exact) mass is 463 g/mol. The van der Waals surface area contributed by atoms with Crippen molar-refractivity contribution in [3.05, 3.63) is 102 Å². The van der Waals surface area contributed by atoms with Crippen LogP contribution in [0.4, 0.5) is 0 Å². The largest absolute Gasteiger partial charge is 0.497 e. The highest BCUT2D eigenvalue weighted by Crippen LogP contribution is 2.26. The second kappa shape index (κ2) is 9.94. The van der Waals surface area contributed by atoms with Gasteiger partial charge in [-0.05, 0) is 47.9 Å². The molecule has 0 aliphatic heterocycles. The van der Waals surface area contributed by atoms with Gasteiger partial charge < -0.3 is 13.9 Å². The second-order valence-electron chi connectivity index (χ2n) is 7.50. The van der Waals surface area contributed by atoms with Crippen LogP contribution in [0.3, 0.4) is 0 Å². The Hall–Kier alpha value is -3.55. The van der Waals surface area contributed by atoms with Crippen LogP contribution in [0.1, 0.15) is 16.9 Å². The number of aryl methyl sites for hydroxylation is 1. The highest BCUT2D eigenvalue weighted by Gasteiger charge is 2.21. The van der Waals surface area contributed by atoms with E-state index in [1.54, 1.807) is 14.0 Å². The summed E-state index contributed by atoms with van der Waals surface area (Å²) in [6.07, 6.45) is 0. The van der Waals surface area contributed by atoms with Crippen LogP contribution in [0.15, 0.2) is 94.4 Å². The van der Waals surface area contributed by atoms with Crippen LogP contribution >= 0.6 is 0 Å². The van der Waals surface area contributed by atoms with Gasteiger partial charge in [-0.15, -0.1) is 0 Å². The number of ether oxygens (including phenoxy) is 2. The third-order valence-corrected chi connectivity index (χ3v) is 6.50. The van der Waals surface area contributed by atoms with E-state index >= 15 is 0 Å². The van der Waals surface area contributed by atoms with Crippen molar-refractivity contribution in [3.8, 4) is 22.6 Å². The first-order valence-corrected chi connectivity index (χ1v) is 11.9. The van der Waals surface area contributed by atoms with Gasteiger partial charge in [-0.3, -0.25) is 0 Å². The maximum Gasteiger partial charge on any atom is 0.274 e. The molecular formula is C26H25NO5S. The van der Waals surface area contributed by atoms with Crippen LogP contribution in [0.25, 0.3) is 11.1 Å². The predicted octanol–water partition coefficient (Wildman–Crippen LogP) is 5.32. The molecule has 4 aromatic rings. The summed E-state index contributed by atoms with van der Waals surface area (Å²) >= 11 is 0. The number of benzene rings is 3. The van der Waals surface area contributed by atoms with E-state index in [1.807, 2.05) is 78.9 Å². The maximum absolute atomic E-state index is 12.6. The fourth-order valence-corrected chi connectivity index (χ4v) is 4.33. The summed E-state index contributed by atoms with van der Waals surface area (Å²) in [4.78, 5) is 0. The summed E-state index contributed by atoms with van der Waals surface area (Å²) < 4.78 is 44.3. The highest BCUT2D eigenvalue weighted by atomic mass is 32.2. The summed E-state index contributed by atoms with van der Waals surface area (Å²) in [5, 5.41) is -0.121. The fourth-order valence-electron chi connectivity index (χ4n) is 3.30. The molecule has 0 atom stereocenters. The maximum atomic E-state index is 12.6. The lowest BCUT2D eigenvalue weighted by Crippen LogP contribution is -2.22. The lowest BCUT2D eigenvalue weighted by molar-refractivity contribution is 0.302. The van der Waals surface area contributed by atoms with Crippen molar-refractivity contribution >= 4 is 10.0 Å². The van der Waals surface area contributed by atoms with Crippen molar-refractivity contribution in [3.63, 3.8) is 0 Å². The van der Waals surface area contributed by atoms with Gasteiger partial charge in [0.25, 0.3) is 10.0 Å². The van der Waals surface area contributed by atoms with Crippen LogP contribution in [0.5, 0.6) is 11.5 Å². The molecule has 0 amide bonds. The molecule has 0 radical (unpaired) electrons. The summed E-state index contributed by atoms with van der Waals surface area (Å²) in [6, 6.07) is 26.4. The number of rotatable bonds is 9. The Kier molecular flexibility index (Phi) is 6.82. The molecular weight excluding hydrogens is 438 g/mol. The molecule has 0 aliphatic rings. The minimum Gasteiger partial charge on any atom is -0.497 e. The first-order chi connectivity index (χ1) is 15.9. The molecule has 0 bridgehead atoms. The fraction of sp³-hybridized carbons (Fsp3) is 0.154. The molecule has 0 unspecified atom stereocenters.